The summed E-state index contributed by atoms with van der Waals surface area (Å²) in [7, 11) is 0. The van der Waals surface area contributed by atoms with Gasteiger partial charge in [-0.25, -0.2) is 0 Å². The molecule has 0 saturated carbocycles. The van der Waals surface area contributed by atoms with E-state index in [2.05, 4.69) is 55.0 Å². The van der Waals surface area contributed by atoms with Gasteiger partial charge in [-0.15, -0.1) is 0 Å². The lowest BCUT2D eigenvalue weighted by atomic mass is 10.0. The minimum absolute atomic E-state index is 0.0168. The van der Waals surface area contributed by atoms with E-state index in [0.717, 1.165) is 34.6 Å². The highest BCUT2D eigenvalue weighted by Crippen LogP contribution is 2.42. The number of carbonyl (C=O) groups is 1. The van der Waals surface area contributed by atoms with Crippen LogP contribution in [-0.2, 0) is 11.3 Å². The zero-order valence-electron chi connectivity index (χ0n) is 17.2. The van der Waals surface area contributed by atoms with Crippen LogP contribution in [0.3, 0.4) is 0 Å². The molecule has 0 unspecified atom stereocenters. The Balaban J connectivity index is 1.67. The third-order valence-electron chi connectivity index (χ3n) is 5.56. The van der Waals surface area contributed by atoms with E-state index in [1.807, 2.05) is 59.5 Å². The molecule has 3 nitrogen and oxygen atoms in total. The van der Waals surface area contributed by atoms with Gasteiger partial charge < -0.3 is 4.57 Å². The van der Waals surface area contributed by atoms with Crippen molar-refractivity contribution in [1.29, 1.82) is 0 Å². The fraction of sp³-hybridized carbons (Fsp3) is 0.148. The van der Waals surface area contributed by atoms with Gasteiger partial charge in [0.05, 0.1) is 11.3 Å². The maximum absolute atomic E-state index is 13.5. The molecule has 1 amide bonds. The fourth-order valence-corrected chi connectivity index (χ4v) is 4.30. The summed E-state index contributed by atoms with van der Waals surface area (Å²) in [5.41, 5.74) is 5.83. The maximum Gasteiger partial charge on any atom is 0.263 e. The summed E-state index contributed by atoms with van der Waals surface area (Å²) in [5.74, 6) is 0.562. The molecule has 0 saturated heterocycles. The van der Waals surface area contributed by atoms with Crippen LogP contribution in [0.4, 0.5) is 11.4 Å². The smallest absolute Gasteiger partial charge is 0.263 e. The van der Waals surface area contributed by atoms with E-state index in [9.17, 15) is 4.79 Å². The SMILES string of the molecule is CC(C)Cn1cc(/C=C2/C(=O)N(c3ccccc3)c3ccccc32)c2ccccc21. The average Bonchev–Trinajstić information content (AvgIpc) is 3.24. The summed E-state index contributed by atoms with van der Waals surface area (Å²) in [6.07, 6.45) is 4.24. The second-order valence-electron chi connectivity index (χ2n) is 8.20. The van der Waals surface area contributed by atoms with Crippen molar-refractivity contribution in [3.05, 3.63) is 96.2 Å². The van der Waals surface area contributed by atoms with Gasteiger partial charge in [-0.1, -0.05) is 68.4 Å². The van der Waals surface area contributed by atoms with E-state index >= 15 is 0 Å². The van der Waals surface area contributed by atoms with Crippen LogP contribution in [-0.4, -0.2) is 10.5 Å². The molecule has 30 heavy (non-hydrogen) atoms. The van der Waals surface area contributed by atoms with Crippen molar-refractivity contribution in [2.24, 2.45) is 5.92 Å². The highest BCUT2D eigenvalue weighted by molar-refractivity contribution is 6.38. The largest absolute Gasteiger partial charge is 0.347 e. The van der Waals surface area contributed by atoms with E-state index in [4.69, 9.17) is 0 Å². The van der Waals surface area contributed by atoms with Crippen molar-refractivity contribution < 1.29 is 4.79 Å². The van der Waals surface area contributed by atoms with Crippen LogP contribution in [0.5, 0.6) is 0 Å². The van der Waals surface area contributed by atoms with E-state index in [1.165, 1.54) is 10.9 Å². The molecule has 0 bridgehead atoms. The first-order valence-corrected chi connectivity index (χ1v) is 10.4. The molecule has 1 aliphatic rings. The predicted octanol–water partition coefficient (Wildman–Crippen LogP) is 6.52. The van der Waals surface area contributed by atoms with E-state index < -0.39 is 0 Å². The second-order valence-corrected chi connectivity index (χ2v) is 8.20. The zero-order valence-corrected chi connectivity index (χ0v) is 17.2. The highest BCUT2D eigenvalue weighted by atomic mass is 16.2. The molecular weight excluding hydrogens is 368 g/mol. The number of benzene rings is 3. The minimum atomic E-state index is 0.0168. The summed E-state index contributed by atoms with van der Waals surface area (Å²) >= 11 is 0. The van der Waals surface area contributed by atoms with Gasteiger partial charge in [0.15, 0.2) is 0 Å². The molecule has 148 valence electrons. The number of rotatable bonds is 4. The van der Waals surface area contributed by atoms with Crippen molar-refractivity contribution in [1.82, 2.24) is 4.57 Å². The molecule has 3 aromatic carbocycles. The lowest BCUT2D eigenvalue weighted by molar-refractivity contribution is -0.112. The summed E-state index contributed by atoms with van der Waals surface area (Å²) in [6, 6.07) is 26.3. The molecule has 0 atom stereocenters. The quantitative estimate of drug-likeness (QED) is 0.363. The lowest BCUT2D eigenvalue weighted by Gasteiger charge is -2.16. The van der Waals surface area contributed by atoms with Crippen molar-refractivity contribution in [3.8, 4) is 0 Å². The Morgan fingerprint density at radius 1 is 0.867 bits per heavy atom. The molecular formula is C27H24N2O. The first kappa shape index (κ1) is 18.4. The van der Waals surface area contributed by atoms with Crippen LogP contribution in [0.1, 0.15) is 25.0 Å². The standard InChI is InChI=1S/C27H24N2O/c1-19(2)17-28-18-20(22-12-6-8-14-25(22)28)16-24-23-13-7-9-15-26(23)29(27(24)30)21-10-4-3-5-11-21/h3-16,18-19H,17H2,1-2H3/b24-16+. The van der Waals surface area contributed by atoms with Gasteiger partial charge in [0.2, 0.25) is 0 Å². The Labute approximate surface area is 176 Å². The third-order valence-corrected chi connectivity index (χ3v) is 5.56. The molecule has 0 N–H and O–H groups in total. The normalized spacial score (nSPS) is 14.8. The number of aromatic nitrogens is 1. The Hall–Kier alpha value is -3.59. The minimum Gasteiger partial charge on any atom is -0.347 e. The average molecular weight is 393 g/mol. The Morgan fingerprint density at radius 3 is 2.37 bits per heavy atom. The van der Waals surface area contributed by atoms with Gasteiger partial charge in [0, 0.05) is 40.5 Å². The molecule has 1 aromatic heterocycles. The van der Waals surface area contributed by atoms with Crippen molar-refractivity contribution in [3.63, 3.8) is 0 Å². The molecule has 5 rings (SSSR count). The van der Waals surface area contributed by atoms with Gasteiger partial charge in [0.25, 0.3) is 5.91 Å². The number of anilines is 2. The van der Waals surface area contributed by atoms with Gasteiger partial charge >= 0.3 is 0 Å². The molecule has 0 fully saturated rings. The van der Waals surface area contributed by atoms with Crippen LogP contribution in [0, 0.1) is 5.92 Å². The van der Waals surface area contributed by atoms with Crippen molar-refractivity contribution >= 4 is 39.8 Å². The van der Waals surface area contributed by atoms with Crippen LogP contribution < -0.4 is 4.90 Å². The molecule has 2 heterocycles. The summed E-state index contributed by atoms with van der Waals surface area (Å²) in [6.45, 7) is 5.40. The van der Waals surface area contributed by atoms with Crippen LogP contribution in [0.25, 0.3) is 22.6 Å². The monoisotopic (exact) mass is 392 g/mol. The highest BCUT2D eigenvalue weighted by Gasteiger charge is 2.33. The second kappa shape index (κ2) is 7.34. The zero-order chi connectivity index (χ0) is 20.7. The van der Waals surface area contributed by atoms with E-state index in [0.29, 0.717) is 5.92 Å². The molecule has 4 aromatic rings. The first-order chi connectivity index (χ1) is 14.6. The number of amides is 1. The van der Waals surface area contributed by atoms with Crippen LogP contribution in [0.15, 0.2) is 85.1 Å². The number of hydrogen-bond acceptors (Lipinski definition) is 1. The molecule has 0 spiro atoms. The van der Waals surface area contributed by atoms with Gasteiger partial charge in [0.1, 0.15) is 0 Å². The van der Waals surface area contributed by atoms with Crippen molar-refractivity contribution in [2.45, 2.75) is 20.4 Å². The van der Waals surface area contributed by atoms with Crippen LogP contribution >= 0.6 is 0 Å². The number of fused-ring (bicyclic) bond motifs is 2. The van der Waals surface area contributed by atoms with Crippen molar-refractivity contribution in [2.75, 3.05) is 4.90 Å². The van der Waals surface area contributed by atoms with Gasteiger partial charge in [-0.2, -0.15) is 0 Å². The van der Waals surface area contributed by atoms with Gasteiger partial charge in [-0.05, 0) is 36.3 Å². The first-order valence-electron chi connectivity index (χ1n) is 10.4. The molecule has 0 aliphatic carbocycles. The maximum atomic E-state index is 13.5. The molecule has 0 radical (unpaired) electrons. The topological polar surface area (TPSA) is 25.2 Å². The molecule has 1 aliphatic heterocycles. The Bertz CT molecular complexity index is 1260. The number of carbonyl (C=O) groups excluding carboxylic acids is 1. The fourth-order valence-electron chi connectivity index (χ4n) is 4.30. The summed E-state index contributed by atoms with van der Waals surface area (Å²) in [4.78, 5) is 15.4. The summed E-state index contributed by atoms with van der Waals surface area (Å²) < 4.78 is 2.30. The van der Waals surface area contributed by atoms with E-state index in [1.54, 1.807) is 0 Å². The lowest BCUT2D eigenvalue weighted by Crippen LogP contribution is -2.20. The third kappa shape index (κ3) is 3.03. The number of para-hydroxylation sites is 3. The predicted molar refractivity (Wildman–Crippen MR) is 125 cm³/mol. The Morgan fingerprint density at radius 2 is 1.57 bits per heavy atom. The summed E-state index contributed by atoms with van der Waals surface area (Å²) in [5, 5.41) is 1.18. The number of nitrogens with zero attached hydrogens (tertiary/aromatic N) is 2. The number of hydrogen-bond donors (Lipinski definition) is 0. The van der Waals surface area contributed by atoms with Gasteiger partial charge in [-0.3, -0.25) is 9.69 Å². The van der Waals surface area contributed by atoms with Crippen LogP contribution in [0.2, 0.25) is 0 Å². The molecule has 3 heteroatoms. The van der Waals surface area contributed by atoms with E-state index in [-0.39, 0.29) is 5.91 Å². The Kier molecular flexibility index (Phi) is 4.51.